The Hall–Kier alpha value is -2.88. The molecule has 2 saturated heterocycles. The molecule has 0 aliphatic carbocycles. The van der Waals surface area contributed by atoms with Crippen LogP contribution in [0.1, 0.15) is 34.8 Å². The SMILES string of the molecule is Cc1cnc(CNC(=O)[C@H]2C[C@@H]3[C@@H](CCN3C(=O)c3ncn(C)n3)O2)cn1. The number of hydrogen-bond acceptors (Lipinski definition) is 7. The normalized spacial score (nSPS) is 24.1. The Morgan fingerprint density at radius 3 is 2.85 bits per heavy atom. The van der Waals surface area contributed by atoms with Crippen molar-refractivity contribution < 1.29 is 14.3 Å². The van der Waals surface area contributed by atoms with Crippen molar-refractivity contribution in [3.05, 3.63) is 35.9 Å². The van der Waals surface area contributed by atoms with Crippen LogP contribution < -0.4 is 5.32 Å². The number of rotatable bonds is 4. The zero-order valence-corrected chi connectivity index (χ0v) is 15.2. The van der Waals surface area contributed by atoms with Crippen molar-refractivity contribution in [2.45, 2.75) is 44.6 Å². The van der Waals surface area contributed by atoms with Crippen LogP contribution in [0.15, 0.2) is 18.7 Å². The summed E-state index contributed by atoms with van der Waals surface area (Å²) in [4.78, 5) is 39.2. The first kappa shape index (κ1) is 17.5. The number of hydrogen-bond donors (Lipinski definition) is 1. The lowest BCUT2D eigenvalue weighted by molar-refractivity contribution is -0.132. The minimum atomic E-state index is -0.578. The fourth-order valence-electron chi connectivity index (χ4n) is 3.54. The summed E-state index contributed by atoms with van der Waals surface area (Å²) >= 11 is 0. The van der Waals surface area contributed by atoms with E-state index in [9.17, 15) is 9.59 Å². The number of carbonyl (C=O) groups excluding carboxylic acids is 2. The average Bonchev–Trinajstić information content (AvgIpc) is 3.35. The number of aryl methyl sites for hydroxylation is 2. The van der Waals surface area contributed by atoms with E-state index in [4.69, 9.17) is 4.74 Å². The van der Waals surface area contributed by atoms with Gasteiger partial charge in [-0.3, -0.25) is 24.2 Å². The summed E-state index contributed by atoms with van der Waals surface area (Å²) in [5, 5.41) is 6.90. The molecule has 0 spiro atoms. The smallest absolute Gasteiger partial charge is 0.293 e. The number of nitrogens with zero attached hydrogens (tertiary/aromatic N) is 6. The molecule has 0 unspecified atom stereocenters. The van der Waals surface area contributed by atoms with Crippen LogP contribution in [0.5, 0.6) is 0 Å². The molecule has 27 heavy (non-hydrogen) atoms. The molecule has 0 aromatic carbocycles. The van der Waals surface area contributed by atoms with Crippen molar-refractivity contribution in [3.63, 3.8) is 0 Å². The minimum absolute atomic E-state index is 0.128. The van der Waals surface area contributed by atoms with Crippen molar-refractivity contribution in [1.29, 1.82) is 0 Å². The molecule has 2 aromatic rings. The third-order valence-electron chi connectivity index (χ3n) is 4.90. The maximum absolute atomic E-state index is 12.6. The predicted molar refractivity (Wildman–Crippen MR) is 92.3 cm³/mol. The number of carbonyl (C=O) groups is 2. The lowest BCUT2D eigenvalue weighted by Crippen LogP contribution is -2.39. The van der Waals surface area contributed by atoms with Crippen LogP contribution in [0.4, 0.5) is 0 Å². The second-order valence-electron chi connectivity index (χ2n) is 6.86. The molecule has 3 atom stereocenters. The molecule has 2 aliphatic rings. The first-order valence-corrected chi connectivity index (χ1v) is 8.88. The van der Waals surface area contributed by atoms with Gasteiger partial charge in [-0.15, -0.1) is 5.10 Å². The first-order valence-electron chi connectivity index (χ1n) is 8.88. The van der Waals surface area contributed by atoms with E-state index in [1.54, 1.807) is 24.3 Å². The van der Waals surface area contributed by atoms with E-state index < -0.39 is 6.10 Å². The van der Waals surface area contributed by atoms with Gasteiger partial charge in [0, 0.05) is 26.2 Å². The minimum Gasteiger partial charge on any atom is -0.363 e. The number of nitrogens with one attached hydrogen (secondary N) is 1. The average molecular weight is 371 g/mol. The van der Waals surface area contributed by atoms with Crippen molar-refractivity contribution >= 4 is 11.8 Å². The fraction of sp³-hybridized carbons (Fsp3) is 0.529. The van der Waals surface area contributed by atoms with E-state index in [0.29, 0.717) is 31.6 Å². The van der Waals surface area contributed by atoms with Gasteiger partial charge in [-0.1, -0.05) is 0 Å². The van der Waals surface area contributed by atoms with Gasteiger partial charge in [-0.05, 0) is 13.3 Å². The zero-order chi connectivity index (χ0) is 19.0. The molecule has 1 N–H and O–H groups in total. The number of amides is 2. The lowest BCUT2D eigenvalue weighted by Gasteiger charge is -2.21. The highest BCUT2D eigenvalue weighted by molar-refractivity contribution is 5.91. The van der Waals surface area contributed by atoms with Gasteiger partial charge in [0.25, 0.3) is 5.91 Å². The Bertz CT molecular complexity index is 850. The molecule has 0 radical (unpaired) electrons. The van der Waals surface area contributed by atoms with Crippen LogP contribution in [0.3, 0.4) is 0 Å². The van der Waals surface area contributed by atoms with Gasteiger partial charge in [0.15, 0.2) is 0 Å². The van der Waals surface area contributed by atoms with E-state index >= 15 is 0 Å². The molecule has 0 saturated carbocycles. The summed E-state index contributed by atoms with van der Waals surface area (Å²) in [6.07, 6.45) is 5.26. The standard InChI is InChI=1S/C17H21N7O3/c1-10-6-19-11(7-18-10)8-20-16(25)14-5-12-13(27-14)3-4-24(12)17(26)15-21-9-23(2)22-15/h6-7,9,12-14H,3-5,8H2,1-2H3,(H,20,25)/t12-,13-,14-/m1/s1. The molecule has 10 nitrogen and oxygen atoms in total. The van der Waals surface area contributed by atoms with Crippen LogP contribution in [-0.4, -0.2) is 66.2 Å². The monoisotopic (exact) mass is 371 g/mol. The van der Waals surface area contributed by atoms with E-state index in [0.717, 1.165) is 5.69 Å². The fourth-order valence-corrected chi connectivity index (χ4v) is 3.54. The van der Waals surface area contributed by atoms with E-state index in [1.165, 1.54) is 11.0 Å². The van der Waals surface area contributed by atoms with Crippen LogP contribution in [0.25, 0.3) is 0 Å². The molecular weight excluding hydrogens is 350 g/mol. The van der Waals surface area contributed by atoms with Crippen molar-refractivity contribution in [2.75, 3.05) is 6.54 Å². The highest BCUT2D eigenvalue weighted by atomic mass is 16.5. The van der Waals surface area contributed by atoms with Crippen LogP contribution in [0, 0.1) is 6.92 Å². The van der Waals surface area contributed by atoms with Gasteiger partial charge >= 0.3 is 0 Å². The summed E-state index contributed by atoms with van der Waals surface area (Å²) in [7, 11) is 1.72. The number of aromatic nitrogens is 5. The topological polar surface area (TPSA) is 115 Å². The quantitative estimate of drug-likeness (QED) is 0.778. The summed E-state index contributed by atoms with van der Waals surface area (Å²) < 4.78 is 7.38. The third kappa shape index (κ3) is 3.52. The number of ether oxygens (including phenoxy) is 1. The summed E-state index contributed by atoms with van der Waals surface area (Å²) in [6.45, 7) is 2.73. The largest absolute Gasteiger partial charge is 0.363 e. The van der Waals surface area contributed by atoms with Gasteiger partial charge in [0.05, 0.1) is 36.3 Å². The molecule has 2 aliphatic heterocycles. The molecule has 4 heterocycles. The van der Waals surface area contributed by atoms with E-state index in [-0.39, 0.29) is 29.8 Å². The Kier molecular flexibility index (Phi) is 4.56. The maximum atomic E-state index is 12.6. The Labute approximate surface area is 156 Å². The molecule has 2 fully saturated rings. The van der Waals surface area contributed by atoms with Gasteiger partial charge in [0.1, 0.15) is 12.4 Å². The third-order valence-corrected chi connectivity index (χ3v) is 4.90. The molecular formula is C17H21N7O3. The van der Waals surface area contributed by atoms with Crippen LogP contribution >= 0.6 is 0 Å². The highest BCUT2D eigenvalue weighted by Gasteiger charge is 2.47. The van der Waals surface area contributed by atoms with Crippen LogP contribution in [-0.2, 0) is 23.1 Å². The summed E-state index contributed by atoms with van der Waals surface area (Å²) in [5.41, 5.74) is 1.51. The molecule has 142 valence electrons. The second kappa shape index (κ2) is 7.03. The van der Waals surface area contributed by atoms with Crippen LogP contribution in [0.2, 0.25) is 0 Å². The molecule has 4 rings (SSSR count). The molecule has 10 heteroatoms. The van der Waals surface area contributed by atoms with Gasteiger partial charge in [0.2, 0.25) is 11.7 Å². The Morgan fingerprint density at radius 2 is 2.15 bits per heavy atom. The zero-order valence-electron chi connectivity index (χ0n) is 15.2. The highest BCUT2D eigenvalue weighted by Crippen LogP contribution is 2.33. The van der Waals surface area contributed by atoms with Crippen molar-refractivity contribution in [1.82, 2.24) is 34.9 Å². The van der Waals surface area contributed by atoms with Gasteiger partial charge in [-0.25, -0.2) is 4.98 Å². The molecule has 2 aromatic heterocycles. The van der Waals surface area contributed by atoms with Crippen molar-refractivity contribution in [2.24, 2.45) is 7.05 Å². The Balaban J connectivity index is 1.35. The lowest BCUT2D eigenvalue weighted by atomic mass is 10.1. The molecule has 2 amide bonds. The van der Waals surface area contributed by atoms with E-state index in [2.05, 4.69) is 25.4 Å². The van der Waals surface area contributed by atoms with Crippen molar-refractivity contribution in [3.8, 4) is 0 Å². The first-order chi connectivity index (χ1) is 13.0. The van der Waals surface area contributed by atoms with Gasteiger partial charge < -0.3 is 15.0 Å². The number of likely N-dealkylation sites (tertiary alicyclic amines) is 1. The van der Waals surface area contributed by atoms with Gasteiger partial charge in [-0.2, -0.15) is 0 Å². The summed E-state index contributed by atoms with van der Waals surface area (Å²) in [6, 6.07) is -0.128. The maximum Gasteiger partial charge on any atom is 0.293 e. The summed E-state index contributed by atoms with van der Waals surface area (Å²) in [5.74, 6) is -0.248. The Morgan fingerprint density at radius 1 is 1.30 bits per heavy atom. The predicted octanol–water partition coefficient (Wildman–Crippen LogP) is -0.398. The molecule has 0 bridgehead atoms. The van der Waals surface area contributed by atoms with E-state index in [1.807, 2.05) is 6.92 Å². The second-order valence-corrected chi connectivity index (χ2v) is 6.86. The number of fused-ring (bicyclic) bond motifs is 1.